The maximum Gasteiger partial charge on any atom is 0.160 e. The van der Waals surface area contributed by atoms with Crippen LogP contribution in [-0.4, -0.2) is 11.6 Å². The first-order chi connectivity index (χ1) is 13.7. The molecule has 29 heavy (non-hydrogen) atoms. The lowest BCUT2D eigenvalue weighted by Crippen LogP contribution is -2.50. The number of allylic oxidation sites excluding steroid dienone is 6. The van der Waals surface area contributed by atoms with Gasteiger partial charge in [-0.1, -0.05) is 44.1 Å². The molecule has 2 nitrogen and oxygen atoms in total. The molecule has 0 aromatic rings. The van der Waals surface area contributed by atoms with Crippen molar-refractivity contribution in [2.24, 2.45) is 40.4 Å². The second-order valence-electron chi connectivity index (χ2n) is 11.1. The van der Waals surface area contributed by atoms with Crippen LogP contribution in [0.4, 0.5) is 0 Å². The SMILES string of the molecule is CC(C)=CCC[C@@H](C)[C@H]1CC[C@H]2C3=CC(=O)[C@@H]4CC(=O)C=C[C@]4(C)[C@H]3CC[C@]12C. The van der Waals surface area contributed by atoms with Crippen LogP contribution in [0.3, 0.4) is 0 Å². The Hall–Kier alpha value is -1.44. The molecule has 2 fully saturated rings. The minimum Gasteiger partial charge on any atom is -0.295 e. The third-order valence-corrected chi connectivity index (χ3v) is 9.24. The van der Waals surface area contributed by atoms with Gasteiger partial charge in [0.2, 0.25) is 0 Å². The molecule has 4 aliphatic rings. The quantitative estimate of drug-likeness (QED) is 0.512. The minimum absolute atomic E-state index is 0.115. The van der Waals surface area contributed by atoms with Crippen LogP contribution in [0.2, 0.25) is 0 Å². The minimum atomic E-state index is -0.163. The Bertz CT molecular complexity index is 795. The highest BCUT2D eigenvalue weighted by Crippen LogP contribution is 2.65. The van der Waals surface area contributed by atoms with Gasteiger partial charge in [-0.05, 0) is 93.6 Å². The lowest BCUT2D eigenvalue weighted by Gasteiger charge is -2.55. The van der Waals surface area contributed by atoms with E-state index < -0.39 is 0 Å². The molecule has 0 aromatic heterocycles. The predicted octanol–water partition coefficient (Wildman–Crippen LogP) is 6.47. The van der Waals surface area contributed by atoms with Crippen molar-refractivity contribution >= 4 is 11.6 Å². The normalized spacial score (nSPS) is 41.9. The van der Waals surface area contributed by atoms with Gasteiger partial charge in [0.05, 0.1) is 0 Å². The number of hydrogen-bond donors (Lipinski definition) is 0. The smallest absolute Gasteiger partial charge is 0.160 e. The van der Waals surface area contributed by atoms with E-state index in [2.05, 4.69) is 46.8 Å². The summed E-state index contributed by atoms with van der Waals surface area (Å²) in [7, 11) is 0. The molecule has 0 aliphatic heterocycles. The van der Waals surface area contributed by atoms with Crippen molar-refractivity contribution in [1.29, 1.82) is 0 Å². The van der Waals surface area contributed by atoms with E-state index in [0.29, 0.717) is 23.7 Å². The lowest BCUT2D eigenvalue weighted by atomic mass is 9.48. The monoisotopic (exact) mass is 394 g/mol. The van der Waals surface area contributed by atoms with Gasteiger partial charge in [0.15, 0.2) is 11.6 Å². The first-order valence-corrected chi connectivity index (χ1v) is 11.8. The van der Waals surface area contributed by atoms with Gasteiger partial charge in [-0.3, -0.25) is 9.59 Å². The van der Waals surface area contributed by atoms with E-state index >= 15 is 0 Å². The van der Waals surface area contributed by atoms with Crippen LogP contribution in [-0.2, 0) is 9.59 Å². The molecule has 0 N–H and O–H groups in total. The summed E-state index contributed by atoms with van der Waals surface area (Å²) in [5.41, 5.74) is 3.01. The third kappa shape index (κ3) is 3.31. The second kappa shape index (κ2) is 7.36. The second-order valence-corrected chi connectivity index (χ2v) is 11.1. The van der Waals surface area contributed by atoms with Crippen LogP contribution >= 0.6 is 0 Å². The van der Waals surface area contributed by atoms with Crippen LogP contribution in [0.15, 0.2) is 35.5 Å². The van der Waals surface area contributed by atoms with E-state index in [0.717, 1.165) is 18.3 Å². The first kappa shape index (κ1) is 20.8. The molecule has 0 aromatic carbocycles. The molecule has 0 bridgehead atoms. The summed E-state index contributed by atoms with van der Waals surface area (Å²) < 4.78 is 0. The fourth-order valence-electron chi connectivity index (χ4n) is 7.59. The molecular formula is C27H38O2. The number of ketones is 2. The fourth-order valence-corrected chi connectivity index (χ4v) is 7.59. The van der Waals surface area contributed by atoms with Gasteiger partial charge in [0.25, 0.3) is 0 Å². The Morgan fingerprint density at radius 1 is 1.14 bits per heavy atom. The van der Waals surface area contributed by atoms with E-state index in [9.17, 15) is 9.59 Å². The lowest BCUT2D eigenvalue weighted by molar-refractivity contribution is -0.130. The van der Waals surface area contributed by atoms with Crippen molar-refractivity contribution < 1.29 is 9.59 Å². The Morgan fingerprint density at radius 3 is 2.62 bits per heavy atom. The summed E-state index contributed by atoms with van der Waals surface area (Å²) in [6.07, 6.45) is 16.0. The van der Waals surface area contributed by atoms with Gasteiger partial charge in [-0.25, -0.2) is 0 Å². The van der Waals surface area contributed by atoms with Crippen LogP contribution in [0.5, 0.6) is 0 Å². The topological polar surface area (TPSA) is 34.1 Å². The number of carbonyl (C=O) groups is 2. The molecule has 2 heteroatoms. The number of fused-ring (bicyclic) bond motifs is 5. The van der Waals surface area contributed by atoms with Crippen molar-refractivity contribution in [1.82, 2.24) is 0 Å². The van der Waals surface area contributed by atoms with Gasteiger partial charge >= 0.3 is 0 Å². The summed E-state index contributed by atoms with van der Waals surface area (Å²) in [4.78, 5) is 25.1. The average molecular weight is 395 g/mol. The number of hydrogen-bond acceptors (Lipinski definition) is 2. The van der Waals surface area contributed by atoms with Crippen molar-refractivity contribution in [3.8, 4) is 0 Å². The number of carbonyl (C=O) groups excluding carboxylic acids is 2. The van der Waals surface area contributed by atoms with E-state index in [1.807, 2.05) is 6.08 Å². The molecule has 0 heterocycles. The molecule has 0 spiro atoms. The standard InChI is InChI=1S/C27H38O2/c1-17(2)7-6-8-18(3)21-9-10-22-20-16-25(29)24-15-19(28)11-13-27(24,5)23(20)12-14-26(21,22)4/h7,11,13,16,18,21-24H,6,8-10,12,14-15H2,1-5H3/t18-,21-,22+,23+,24+,26-,27-/m1/s1. The Labute approximate surface area is 176 Å². The Kier molecular flexibility index (Phi) is 5.28. The zero-order chi connectivity index (χ0) is 21.0. The highest BCUT2D eigenvalue weighted by molar-refractivity contribution is 6.01. The van der Waals surface area contributed by atoms with Gasteiger partial charge in [0.1, 0.15) is 0 Å². The highest BCUT2D eigenvalue weighted by Gasteiger charge is 2.58. The largest absolute Gasteiger partial charge is 0.295 e. The fraction of sp³-hybridized carbons (Fsp3) is 0.704. The molecular weight excluding hydrogens is 356 g/mol. The van der Waals surface area contributed by atoms with E-state index in [-0.39, 0.29) is 22.9 Å². The molecule has 158 valence electrons. The zero-order valence-corrected chi connectivity index (χ0v) is 19.0. The van der Waals surface area contributed by atoms with Gasteiger partial charge in [-0.15, -0.1) is 0 Å². The molecule has 7 atom stereocenters. The van der Waals surface area contributed by atoms with Gasteiger partial charge in [0, 0.05) is 17.8 Å². The van der Waals surface area contributed by atoms with E-state index in [1.165, 1.54) is 43.3 Å². The first-order valence-electron chi connectivity index (χ1n) is 11.8. The average Bonchev–Trinajstić information content (AvgIpc) is 3.00. The molecule has 0 saturated heterocycles. The predicted molar refractivity (Wildman–Crippen MR) is 118 cm³/mol. The van der Waals surface area contributed by atoms with Crippen molar-refractivity contribution in [3.05, 3.63) is 35.5 Å². The summed E-state index contributed by atoms with van der Waals surface area (Å²) in [5, 5.41) is 0. The van der Waals surface area contributed by atoms with Crippen LogP contribution in [0.25, 0.3) is 0 Å². The summed E-state index contributed by atoms with van der Waals surface area (Å²) in [6.45, 7) is 11.6. The highest BCUT2D eigenvalue weighted by atomic mass is 16.1. The van der Waals surface area contributed by atoms with Crippen molar-refractivity contribution in [2.45, 2.75) is 79.6 Å². The van der Waals surface area contributed by atoms with Crippen molar-refractivity contribution in [3.63, 3.8) is 0 Å². The molecule has 0 amide bonds. The maximum atomic E-state index is 13.1. The van der Waals surface area contributed by atoms with Crippen molar-refractivity contribution in [2.75, 3.05) is 0 Å². The van der Waals surface area contributed by atoms with Gasteiger partial charge < -0.3 is 0 Å². The molecule has 2 saturated carbocycles. The molecule has 0 radical (unpaired) electrons. The molecule has 4 rings (SSSR count). The maximum absolute atomic E-state index is 13.1. The van der Waals surface area contributed by atoms with E-state index in [1.54, 1.807) is 6.08 Å². The Morgan fingerprint density at radius 2 is 1.90 bits per heavy atom. The summed E-state index contributed by atoms with van der Waals surface area (Å²) in [5.74, 6) is 2.65. The van der Waals surface area contributed by atoms with Crippen LogP contribution < -0.4 is 0 Å². The number of rotatable bonds is 4. The zero-order valence-electron chi connectivity index (χ0n) is 19.0. The van der Waals surface area contributed by atoms with Gasteiger partial charge in [-0.2, -0.15) is 0 Å². The Balaban J connectivity index is 1.59. The third-order valence-electron chi connectivity index (χ3n) is 9.24. The van der Waals surface area contributed by atoms with Crippen LogP contribution in [0.1, 0.15) is 79.6 Å². The summed E-state index contributed by atoms with van der Waals surface area (Å²) >= 11 is 0. The van der Waals surface area contributed by atoms with E-state index in [4.69, 9.17) is 0 Å². The molecule has 0 unspecified atom stereocenters. The van der Waals surface area contributed by atoms with Crippen LogP contribution in [0, 0.1) is 40.4 Å². The summed E-state index contributed by atoms with van der Waals surface area (Å²) in [6, 6.07) is 0. The molecule has 4 aliphatic carbocycles.